The zero-order valence-corrected chi connectivity index (χ0v) is 18.2. The number of ether oxygens (including phenoxy) is 1. The van der Waals surface area contributed by atoms with Crippen LogP contribution in [-0.2, 0) is 17.9 Å². The maximum atomic E-state index is 12.3. The number of aryl methyl sites for hydroxylation is 1. The molecule has 0 saturated heterocycles. The van der Waals surface area contributed by atoms with Crippen molar-refractivity contribution in [1.29, 1.82) is 0 Å². The van der Waals surface area contributed by atoms with E-state index in [-0.39, 0.29) is 5.91 Å². The van der Waals surface area contributed by atoms with Gasteiger partial charge in [-0.1, -0.05) is 18.2 Å². The van der Waals surface area contributed by atoms with E-state index in [1.54, 1.807) is 7.11 Å². The van der Waals surface area contributed by atoms with E-state index in [0.29, 0.717) is 30.1 Å². The number of carbonyl (C=O) groups is 1. The van der Waals surface area contributed by atoms with Gasteiger partial charge in [0.05, 0.1) is 7.11 Å². The third-order valence-corrected chi connectivity index (χ3v) is 5.56. The molecule has 0 unspecified atom stereocenters. The normalized spacial score (nSPS) is 11.0. The Morgan fingerprint density at radius 2 is 1.94 bits per heavy atom. The lowest BCUT2D eigenvalue weighted by molar-refractivity contribution is -0.121. The van der Waals surface area contributed by atoms with Gasteiger partial charge in [0.1, 0.15) is 5.75 Å². The first-order chi connectivity index (χ1) is 15.2. The van der Waals surface area contributed by atoms with Crippen LogP contribution in [0.25, 0.3) is 22.3 Å². The summed E-state index contributed by atoms with van der Waals surface area (Å²) in [6.45, 7) is 1.96. The summed E-state index contributed by atoms with van der Waals surface area (Å²) in [5.41, 5.74) is 2.13. The molecule has 2 N–H and O–H groups in total. The highest BCUT2D eigenvalue weighted by molar-refractivity contribution is 7.71. The first-order valence-electron chi connectivity index (χ1n) is 10.3. The monoisotopic (exact) mass is 435 g/mol. The predicted molar refractivity (Wildman–Crippen MR) is 124 cm³/mol. The van der Waals surface area contributed by atoms with Crippen molar-refractivity contribution in [3.8, 4) is 17.1 Å². The Morgan fingerprint density at radius 3 is 2.74 bits per heavy atom. The molecular weight excluding hydrogens is 410 g/mol. The molecule has 2 heterocycles. The Balaban J connectivity index is 1.28. The first-order valence-corrected chi connectivity index (χ1v) is 10.7. The molecule has 4 aromatic rings. The highest BCUT2D eigenvalue weighted by Gasteiger charge is 2.11. The van der Waals surface area contributed by atoms with E-state index >= 15 is 0 Å². The van der Waals surface area contributed by atoms with E-state index in [4.69, 9.17) is 17.0 Å². The number of aromatic amines is 1. The molecule has 8 heteroatoms. The molecule has 0 aliphatic rings. The second-order valence-corrected chi connectivity index (χ2v) is 7.64. The number of rotatable bonds is 9. The van der Waals surface area contributed by atoms with Crippen molar-refractivity contribution in [2.24, 2.45) is 0 Å². The van der Waals surface area contributed by atoms with Gasteiger partial charge in [-0.15, -0.1) is 0 Å². The SMILES string of the molecule is COc1ccc(-c2n[nH]c(=S)n2CCC(=O)NCCCn2ccc3ccccc32)cc1. The quantitative estimate of drug-likeness (QED) is 0.306. The number of methoxy groups -OCH3 is 1. The molecule has 0 bridgehead atoms. The zero-order chi connectivity index (χ0) is 21.6. The van der Waals surface area contributed by atoms with Gasteiger partial charge < -0.3 is 14.6 Å². The summed E-state index contributed by atoms with van der Waals surface area (Å²) in [4.78, 5) is 12.3. The lowest BCUT2D eigenvalue weighted by atomic mass is 10.2. The van der Waals surface area contributed by atoms with Gasteiger partial charge >= 0.3 is 0 Å². The summed E-state index contributed by atoms with van der Waals surface area (Å²) < 4.78 is 9.76. The molecule has 31 heavy (non-hydrogen) atoms. The number of carbonyl (C=O) groups excluding carboxylic acids is 1. The van der Waals surface area contributed by atoms with Gasteiger partial charge in [0.15, 0.2) is 10.6 Å². The van der Waals surface area contributed by atoms with E-state index in [1.165, 1.54) is 10.9 Å². The van der Waals surface area contributed by atoms with Crippen LogP contribution in [0.5, 0.6) is 5.75 Å². The minimum absolute atomic E-state index is 0.00106. The first kappa shape index (κ1) is 20.9. The number of H-pyrrole nitrogens is 1. The number of aromatic nitrogens is 4. The summed E-state index contributed by atoms with van der Waals surface area (Å²) >= 11 is 5.35. The zero-order valence-electron chi connectivity index (χ0n) is 17.4. The molecule has 2 aromatic heterocycles. The van der Waals surface area contributed by atoms with Crippen molar-refractivity contribution < 1.29 is 9.53 Å². The van der Waals surface area contributed by atoms with Crippen molar-refractivity contribution in [2.45, 2.75) is 25.9 Å². The molecule has 0 radical (unpaired) electrons. The number of fused-ring (bicyclic) bond motifs is 1. The molecule has 2 aromatic carbocycles. The summed E-state index contributed by atoms with van der Waals surface area (Å²) in [6, 6.07) is 18.0. The lowest BCUT2D eigenvalue weighted by Crippen LogP contribution is -2.26. The summed E-state index contributed by atoms with van der Waals surface area (Å²) in [5, 5.41) is 11.4. The predicted octanol–water partition coefficient (Wildman–Crippen LogP) is 4.17. The average molecular weight is 436 g/mol. The van der Waals surface area contributed by atoms with Crippen molar-refractivity contribution in [3.05, 3.63) is 65.6 Å². The lowest BCUT2D eigenvalue weighted by Gasteiger charge is -2.09. The van der Waals surface area contributed by atoms with Gasteiger partial charge in [0.2, 0.25) is 5.91 Å². The van der Waals surface area contributed by atoms with Gasteiger partial charge in [-0.3, -0.25) is 14.5 Å². The Hall–Kier alpha value is -3.39. The third-order valence-electron chi connectivity index (χ3n) is 5.25. The number of nitrogens with one attached hydrogen (secondary N) is 2. The topological polar surface area (TPSA) is 76.9 Å². The smallest absolute Gasteiger partial charge is 0.221 e. The Bertz CT molecular complexity index is 1220. The van der Waals surface area contributed by atoms with Crippen LogP contribution in [-0.4, -0.2) is 38.9 Å². The second kappa shape index (κ2) is 9.61. The molecule has 0 aliphatic carbocycles. The number of nitrogens with zero attached hydrogens (tertiary/aromatic N) is 3. The van der Waals surface area contributed by atoms with Crippen LogP contribution in [0, 0.1) is 4.77 Å². The van der Waals surface area contributed by atoms with Gasteiger partial charge in [-0.2, -0.15) is 5.10 Å². The number of hydrogen-bond donors (Lipinski definition) is 2. The molecule has 160 valence electrons. The molecular formula is C23H25N5O2S. The molecule has 0 fully saturated rings. The van der Waals surface area contributed by atoms with Crippen LogP contribution < -0.4 is 10.1 Å². The maximum Gasteiger partial charge on any atom is 0.221 e. The number of benzene rings is 2. The van der Waals surface area contributed by atoms with Crippen LogP contribution in [0.4, 0.5) is 0 Å². The summed E-state index contributed by atoms with van der Waals surface area (Å²) in [6.07, 6.45) is 3.30. The molecule has 0 aliphatic heterocycles. The van der Waals surface area contributed by atoms with Gasteiger partial charge in [0.25, 0.3) is 0 Å². The van der Waals surface area contributed by atoms with E-state index in [1.807, 2.05) is 41.0 Å². The largest absolute Gasteiger partial charge is 0.497 e. The second-order valence-electron chi connectivity index (χ2n) is 7.25. The van der Waals surface area contributed by atoms with Crippen LogP contribution in [0.15, 0.2) is 60.8 Å². The highest BCUT2D eigenvalue weighted by atomic mass is 32.1. The summed E-state index contributed by atoms with van der Waals surface area (Å²) in [7, 11) is 1.63. The van der Waals surface area contributed by atoms with Crippen molar-refractivity contribution in [2.75, 3.05) is 13.7 Å². The number of hydrogen-bond acceptors (Lipinski definition) is 4. The fourth-order valence-corrected chi connectivity index (χ4v) is 3.82. The Kier molecular flexibility index (Phi) is 6.47. The maximum absolute atomic E-state index is 12.3. The molecule has 7 nitrogen and oxygen atoms in total. The third kappa shape index (κ3) is 4.86. The fraction of sp³-hybridized carbons (Fsp3) is 0.261. The van der Waals surface area contributed by atoms with Crippen LogP contribution in [0.3, 0.4) is 0 Å². The van der Waals surface area contributed by atoms with Crippen molar-refractivity contribution >= 4 is 29.0 Å². The standard InChI is InChI=1S/C23H25N5O2S/c1-30-19-9-7-18(8-10-19)22-25-26-23(31)28(22)16-12-21(29)24-13-4-14-27-15-11-17-5-2-3-6-20(17)27/h2-3,5-11,15H,4,12-14,16H2,1H3,(H,24,29)(H,26,31). The van der Waals surface area contributed by atoms with Gasteiger partial charge in [-0.25, -0.2) is 0 Å². The van der Waals surface area contributed by atoms with E-state index in [9.17, 15) is 4.79 Å². The minimum Gasteiger partial charge on any atom is -0.497 e. The van der Waals surface area contributed by atoms with Crippen molar-refractivity contribution in [1.82, 2.24) is 24.6 Å². The molecule has 0 spiro atoms. The highest BCUT2D eigenvalue weighted by Crippen LogP contribution is 2.21. The Labute approximate surface area is 185 Å². The molecule has 1 amide bonds. The Morgan fingerprint density at radius 1 is 1.13 bits per heavy atom. The fourth-order valence-electron chi connectivity index (χ4n) is 3.60. The minimum atomic E-state index is 0.00106. The molecule has 0 saturated carbocycles. The molecule has 0 atom stereocenters. The number of para-hydroxylation sites is 1. The van der Waals surface area contributed by atoms with E-state index in [0.717, 1.165) is 24.3 Å². The van der Waals surface area contributed by atoms with E-state index in [2.05, 4.69) is 44.5 Å². The van der Waals surface area contributed by atoms with Crippen LogP contribution >= 0.6 is 12.2 Å². The average Bonchev–Trinajstić information content (AvgIpc) is 3.38. The van der Waals surface area contributed by atoms with E-state index < -0.39 is 0 Å². The number of amides is 1. The van der Waals surface area contributed by atoms with Gasteiger partial charge in [-0.05, 0) is 60.4 Å². The van der Waals surface area contributed by atoms with Crippen LogP contribution in [0.2, 0.25) is 0 Å². The van der Waals surface area contributed by atoms with Gasteiger partial charge in [0, 0.05) is 43.3 Å². The van der Waals surface area contributed by atoms with Crippen molar-refractivity contribution in [3.63, 3.8) is 0 Å². The summed E-state index contributed by atoms with van der Waals surface area (Å²) in [5.74, 6) is 1.48. The molecule has 4 rings (SSSR count). The van der Waals surface area contributed by atoms with Crippen LogP contribution in [0.1, 0.15) is 12.8 Å².